The summed E-state index contributed by atoms with van der Waals surface area (Å²) in [5.41, 5.74) is 0.608. The number of rotatable bonds is 3. The zero-order valence-corrected chi connectivity index (χ0v) is 12.5. The van der Waals surface area contributed by atoms with E-state index in [4.69, 9.17) is 11.6 Å². The molecule has 1 aliphatic heterocycles. The summed E-state index contributed by atoms with van der Waals surface area (Å²) >= 11 is 5.93. The predicted molar refractivity (Wildman–Crippen MR) is 80.5 cm³/mol. The van der Waals surface area contributed by atoms with Crippen LogP contribution in [0.5, 0.6) is 0 Å². The van der Waals surface area contributed by atoms with Crippen LogP contribution in [0.2, 0.25) is 5.28 Å². The van der Waals surface area contributed by atoms with Crippen molar-refractivity contribution in [3.63, 3.8) is 0 Å². The van der Waals surface area contributed by atoms with Crippen LogP contribution < -0.4 is 10.2 Å². The maximum atomic E-state index is 12.3. The molecule has 0 radical (unpaired) electrons. The van der Waals surface area contributed by atoms with Crippen molar-refractivity contribution in [3.8, 4) is 0 Å². The third kappa shape index (κ3) is 2.96. The molecule has 0 spiro atoms. The van der Waals surface area contributed by atoms with Crippen molar-refractivity contribution in [3.05, 3.63) is 11.5 Å². The highest BCUT2D eigenvalue weighted by atomic mass is 35.5. The first-order valence-corrected chi connectivity index (χ1v) is 7.77. The van der Waals surface area contributed by atoms with Crippen LogP contribution in [0.1, 0.15) is 32.1 Å². The monoisotopic (exact) mass is 310 g/mol. The van der Waals surface area contributed by atoms with Gasteiger partial charge in [-0.1, -0.05) is 12.8 Å². The number of aliphatic hydroxyl groups excluding tert-OH is 1. The number of aliphatic hydroxyl groups is 1. The number of nitrogens with one attached hydrogen (secondary N) is 1. The Hall–Kier alpha value is -1.40. The molecule has 2 heterocycles. The standard InChI is InChI=1S/C14H19ClN4O2/c15-14-16-7-11-12(18-14)19(10-3-1-2-4-10)8-9(5-6-20)13(21)17-11/h7,9-10,20H,1-6,8H2,(H,17,21). The van der Waals surface area contributed by atoms with Crippen molar-refractivity contribution in [2.75, 3.05) is 23.4 Å². The second kappa shape index (κ2) is 6.15. The van der Waals surface area contributed by atoms with Crippen LogP contribution in [0.25, 0.3) is 0 Å². The number of carbonyl (C=O) groups is 1. The Morgan fingerprint density at radius 2 is 2.19 bits per heavy atom. The molecule has 1 unspecified atom stereocenters. The molecule has 1 aromatic rings. The topological polar surface area (TPSA) is 78.4 Å². The van der Waals surface area contributed by atoms with E-state index in [0.29, 0.717) is 30.5 Å². The van der Waals surface area contributed by atoms with Gasteiger partial charge in [0.25, 0.3) is 0 Å². The minimum Gasteiger partial charge on any atom is -0.396 e. The number of hydrogen-bond donors (Lipinski definition) is 2. The van der Waals surface area contributed by atoms with Crippen LogP contribution in [-0.2, 0) is 4.79 Å². The summed E-state index contributed by atoms with van der Waals surface area (Å²) in [4.78, 5) is 22.7. The average molecular weight is 311 g/mol. The summed E-state index contributed by atoms with van der Waals surface area (Å²) in [5, 5.41) is 12.2. The van der Waals surface area contributed by atoms with E-state index in [1.807, 2.05) is 0 Å². The van der Waals surface area contributed by atoms with Gasteiger partial charge in [-0.2, -0.15) is 4.98 Å². The fraction of sp³-hybridized carbons (Fsp3) is 0.643. The Morgan fingerprint density at radius 3 is 2.90 bits per heavy atom. The van der Waals surface area contributed by atoms with Crippen molar-refractivity contribution in [1.82, 2.24) is 9.97 Å². The lowest BCUT2D eigenvalue weighted by molar-refractivity contribution is -0.120. The van der Waals surface area contributed by atoms with Crippen LogP contribution in [0.15, 0.2) is 6.20 Å². The summed E-state index contributed by atoms with van der Waals surface area (Å²) in [7, 11) is 0. The zero-order valence-electron chi connectivity index (χ0n) is 11.8. The Morgan fingerprint density at radius 1 is 1.43 bits per heavy atom. The molecule has 1 atom stereocenters. The van der Waals surface area contributed by atoms with Gasteiger partial charge in [0, 0.05) is 19.2 Å². The number of nitrogens with zero attached hydrogens (tertiary/aromatic N) is 3. The Labute approximate surface area is 128 Å². The van der Waals surface area contributed by atoms with Gasteiger partial charge in [-0.05, 0) is 30.9 Å². The van der Waals surface area contributed by atoms with Gasteiger partial charge >= 0.3 is 0 Å². The van der Waals surface area contributed by atoms with Crippen LogP contribution in [0.4, 0.5) is 11.5 Å². The highest BCUT2D eigenvalue weighted by molar-refractivity contribution is 6.28. The van der Waals surface area contributed by atoms with E-state index < -0.39 is 0 Å². The predicted octanol–water partition coefficient (Wildman–Crippen LogP) is 1.83. The Bertz CT molecular complexity index is 534. The van der Waals surface area contributed by atoms with Crippen molar-refractivity contribution < 1.29 is 9.90 Å². The number of fused-ring (bicyclic) bond motifs is 1. The molecule has 1 aliphatic carbocycles. The smallest absolute Gasteiger partial charge is 0.229 e. The maximum absolute atomic E-state index is 12.3. The number of aromatic nitrogens is 2. The van der Waals surface area contributed by atoms with Gasteiger partial charge in [0.1, 0.15) is 5.69 Å². The lowest BCUT2D eigenvalue weighted by Gasteiger charge is -2.31. The molecule has 2 aliphatic rings. The fourth-order valence-corrected chi connectivity index (χ4v) is 3.35. The molecule has 0 bridgehead atoms. The quantitative estimate of drug-likeness (QED) is 0.833. The Balaban J connectivity index is 1.97. The number of halogens is 1. The van der Waals surface area contributed by atoms with Gasteiger partial charge in [-0.3, -0.25) is 4.79 Å². The molecule has 2 N–H and O–H groups in total. The van der Waals surface area contributed by atoms with Crippen molar-refractivity contribution >= 4 is 29.0 Å². The molecular weight excluding hydrogens is 292 g/mol. The van der Waals surface area contributed by atoms with Gasteiger partial charge in [0.05, 0.1) is 12.1 Å². The maximum Gasteiger partial charge on any atom is 0.229 e. The van der Waals surface area contributed by atoms with Gasteiger partial charge < -0.3 is 15.3 Å². The summed E-state index contributed by atoms with van der Waals surface area (Å²) in [6.45, 7) is 0.566. The Kier molecular flexibility index (Phi) is 4.26. The van der Waals surface area contributed by atoms with Gasteiger partial charge in [0.15, 0.2) is 5.82 Å². The van der Waals surface area contributed by atoms with E-state index in [1.54, 1.807) is 6.20 Å². The normalized spacial score (nSPS) is 22.9. The molecule has 0 aromatic carbocycles. The van der Waals surface area contributed by atoms with Gasteiger partial charge in [-0.15, -0.1) is 0 Å². The first-order chi connectivity index (χ1) is 10.2. The largest absolute Gasteiger partial charge is 0.396 e. The van der Waals surface area contributed by atoms with Crippen molar-refractivity contribution in [1.29, 1.82) is 0 Å². The summed E-state index contributed by atoms with van der Waals surface area (Å²) in [6, 6.07) is 0.378. The summed E-state index contributed by atoms with van der Waals surface area (Å²) in [5.74, 6) is 0.371. The lowest BCUT2D eigenvalue weighted by atomic mass is 10.0. The van der Waals surface area contributed by atoms with Crippen molar-refractivity contribution in [2.24, 2.45) is 5.92 Å². The number of anilines is 2. The van der Waals surface area contributed by atoms with Crippen LogP contribution in [0, 0.1) is 5.92 Å². The highest BCUT2D eigenvalue weighted by Gasteiger charge is 2.33. The van der Waals surface area contributed by atoms with Crippen molar-refractivity contribution in [2.45, 2.75) is 38.1 Å². The molecule has 3 rings (SSSR count). The van der Waals surface area contributed by atoms with E-state index in [2.05, 4.69) is 20.2 Å². The molecule has 1 fully saturated rings. The van der Waals surface area contributed by atoms with Crippen LogP contribution in [-0.4, -0.2) is 40.2 Å². The molecule has 114 valence electrons. The van der Waals surface area contributed by atoms with E-state index in [0.717, 1.165) is 12.8 Å². The molecular formula is C14H19ClN4O2. The number of amides is 1. The first-order valence-electron chi connectivity index (χ1n) is 7.40. The van der Waals surface area contributed by atoms with Crippen LogP contribution in [0.3, 0.4) is 0 Å². The molecule has 1 saturated carbocycles. The third-order valence-electron chi connectivity index (χ3n) is 4.30. The SMILES string of the molecule is O=C1Nc2cnc(Cl)nc2N(C2CCCC2)CC1CCO. The van der Waals surface area contributed by atoms with Crippen LogP contribution >= 0.6 is 11.6 Å². The van der Waals surface area contributed by atoms with Gasteiger partial charge in [0.2, 0.25) is 11.2 Å². The third-order valence-corrected chi connectivity index (χ3v) is 4.48. The zero-order chi connectivity index (χ0) is 14.8. The first kappa shape index (κ1) is 14.5. The molecule has 1 amide bonds. The second-order valence-electron chi connectivity index (χ2n) is 5.67. The second-order valence-corrected chi connectivity index (χ2v) is 6.00. The highest BCUT2D eigenvalue weighted by Crippen LogP contribution is 2.35. The minimum absolute atomic E-state index is 0.000622. The van der Waals surface area contributed by atoms with E-state index in [-0.39, 0.29) is 23.7 Å². The number of hydrogen-bond acceptors (Lipinski definition) is 5. The summed E-state index contributed by atoms with van der Waals surface area (Å²) < 4.78 is 0. The lowest BCUT2D eigenvalue weighted by Crippen LogP contribution is -2.39. The van der Waals surface area contributed by atoms with E-state index in [1.165, 1.54) is 12.8 Å². The minimum atomic E-state index is -0.247. The van der Waals surface area contributed by atoms with E-state index >= 15 is 0 Å². The van der Waals surface area contributed by atoms with Gasteiger partial charge in [-0.25, -0.2) is 4.98 Å². The summed E-state index contributed by atoms with van der Waals surface area (Å²) in [6.07, 6.45) is 6.60. The molecule has 7 heteroatoms. The average Bonchev–Trinajstić information content (AvgIpc) is 2.95. The number of carbonyl (C=O) groups excluding carboxylic acids is 1. The molecule has 0 saturated heterocycles. The fourth-order valence-electron chi connectivity index (χ4n) is 3.22. The molecule has 1 aromatic heterocycles. The molecule has 21 heavy (non-hydrogen) atoms. The molecule has 6 nitrogen and oxygen atoms in total. The van der Waals surface area contributed by atoms with E-state index in [9.17, 15) is 9.90 Å².